The number of alkyl halides is 1. The highest BCUT2D eigenvalue weighted by atomic mass is 35.5. The van der Waals surface area contributed by atoms with Gasteiger partial charge in [-0.2, -0.15) is 0 Å². The van der Waals surface area contributed by atoms with Crippen molar-refractivity contribution >= 4 is 17.5 Å². The molecule has 0 spiro atoms. The summed E-state index contributed by atoms with van der Waals surface area (Å²) in [6.45, 7) is 2.05. The number of rotatable bonds is 2. The van der Waals surface area contributed by atoms with E-state index < -0.39 is 0 Å². The van der Waals surface area contributed by atoms with Gasteiger partial charge in [-0.05, 0) is 24.8 Å². The first-order valence-electron chi connectivity index (χ1n) is 4.98. The van der Waals surface area contributed by atoms with E-state index in [0.29, 0.717) is 5.92 Å². The third kappa shape index (κ3) is 2.15. The maximum absolute atomic E-state index is 5.87. The van der Waals surface area contributed by atoms with Crippen LogP contribution in [0.15, 0.2) is 18.5 Å². The molecule has 0 N–H and O–H groups in total. The molecular weight excluding hydrogens is 198 g/mol. The summed E-state index contributed by atoms with van der Waals surface area (Å²) >= 11 is 5.87. The number of anilines is 1. The number of nitrogens with zero attached hydrogens (tertiary/aromatic N) is 3. The van der Waals surface area contributed by atoms with Crippen LogP contribution in [0, 0.1) is 5.92 Å². The summed E-state index contributed by atoms with van der Waals surface area (Å²) in [5.74, 6) is 2.17. The second kappa shape index (κ2) is 4.60. The van der Waals surface area contributed by atoms with E-state index in [1.54, 1.807) is 12.4 Å². The summed E-state index contributed by atoms with van der Waals surface area (Å²) in [6, 6.07) is 1.84. The Balaban J connectivity index is 2.04. The van der Waals surface area contributed by atoms with Crippen LogP contribution in [0.5, 0.6) is 0 Å². The summed E-state index contributed by atoms with van der Waals surface area (Å²) in [5, 5.41) is 0. The van der Waals surface area contributed by atoms with Gasteiger partial charge in [-0.15, -0.1) is 11.6 Å². The molecule has 1 aliphatic heterocycles. The van der Waals surface area contributed by atoms with E-state index in [0.717, 1.165) is 24.9 Å². The van der Waals surface area contributed by atoms with Crippen molar-refractivity contribution in [1.29, 1.82) is 0 Å². The molecule has 1 aromatic heterocycles. The zero-order valence-electron chi connectivity index (χ0n) is 8.06. The lowest BCUT2D eigenvalue weighted by molar-refractivity contribution is 0.446. The topological polar surface area (TPSA) is 29.0 Å². The van der Waals surface area contributed by atoms with Crippen molar-refractivity contribution < 1.29 is 0 Å². The van der Waals surface area contributed by atoms with Crippen molar-refractivity contribution in [3.63, 3.8) is 0 Å². The van der Waals surface area contributed by atoms with E-state index in [2.05, 4.69) is 14.9 Å². The third-order valence-electron chi connectivity index (χ3n) is 2.57. The second-order valence-corrected chi connectivity index (χ2v) is 3.97. The van der Waals surface area contributed by atoms with Gasteiger partial charge < -0.3 is 4.90 Å². The number of piperidine rings is 1. The highest BCUT2D eigenvalue weighted by Gasteiger charge is 2.20. The molecule has 0 aliphatic carbocycles. The molecule has 1 aliphatic rings. The Bertz CT molecular complexity index is 278. The molecule has 1 fully saturated rings. The van der Waals surface area contributed by atoms with Crippen LogP contribution in [0.3, 0.4) is 0 Å². The largest absolute Gasteiger partial charge is 0.341 e. The normalized spacial score (nSPS) is 22.4. The number of aromatic nitrogens is 2. The molecule has 0 aromatic carbocycles. The van der Waals surface area contributed by atoms with E-state index in [1.165, 1.54) is 12.8 Å². The van der Waals surface area contributed by atoms with Gasteiger partial charge in [0.05, 0.1) is 0 Å². The zero-order valence-corrected chi connectivity index (χ0v) is 8.82. The van der Waals surface area contributed by atoms with Gasteiger partial charge in [-0.1, -0.05) is 0 Å². The minimum atomic E-state index is 0.592. The van der Waals surface area contributed by atoms with Gasteiger partial charge in [0.15, 0.2) is 0 Å². The van der Waals surface area contributed by atoms with E-state index in [9.17, 15) is 0 Å². The maximum Gasteiger partial charge on any atom is 0.225 e. The Morgan fingerprint density at radius 3 is 2.93 bits per heavy atom. The van der Waals surface area contributed by atoms with Crippen LogP contribution in [0.4, 0.5) is 5.95 Å². The number of halogens is 1. The lowest BCUT2D eigenvalue weighted by Crippen LogP contribution is -2.37. The molecule has 2 heterocycles. The fourth-order valence-electron chi connectivity index (χ4n) is 1.83. The Hall–Kier alpha value is -0.830. The number of hydrogen-bond donors (Lipinski definition) is 0. The van der Waals surface area contributed by atoms with Crippen molar-refractivity contribution in [2.24, 2.45) is 5.92 Å². The Morgan fingerprint density at radius 1 is 1.43 bits per heavy atom. The SMILES string of the molecule is ClCC1CCCN(c2ncccn2)C1. The van der Waals surface area contributed by atoms with Crippen LogP contribution in [0.1, 0.15) is 12.8 Å². The summed E-state index contributed by atoms with van der Waals surface area (Å²) in [5.41, 5.74) is 0. The lowest BCUT2D eigenvalue weighted by Gasteiger charge is -2.31. The second-order valence-electron chi connectivity index (χ2n) is 3.66. The van der Waals surface area contributed by atoms with E-state index in [-0.39, 0.29) is 0 Å². The Labute approximate surface area is 89.1 Å². The summed E-state index contributed by atoms with van der Waals surface area (Å²) < 4.78 is 0. The minimum absolute atomic E-state index is 0.592. The molecule has 14 heavy (non-hydrogen) atoms. The monoisotopic (exact) mass is 211 g/mol. The van der Waals surface area contributed by atoms with Crippen LogP contribution >= 0.6 is 11.6 Å². The molecule has 1 aromatic rings. The van der Waals surface area contributed by atoms with Gasteiger partial charge in [0.2, 0.25) is 5.95 Å². The summed E-state index contributed by atoms with van der Waals surface area (Å²) in [4.78, 5) is 10.7. The fourth-order valence-corrected chi connectivity index (χ4v) is 2.08. The molecule has 76 valence electrons. The van der Waals surface area contributed by atoms with Crippen LogP contribution in [0.2, 0.25) is 0 Å². The van der Waals surface area contributed by atoms with Gasteiger partial charge in [0.25, 0.3) is 0 Å². The average molecular weight is 212 g/mol. The Morgan fingerprint density at radius 2 is 2.21 bits per heavy atom. The van der Waals surface area contributed by atoms with Gasteiger partial charge in [-0.3, -0.25) is 0 Å². The predicted octanol–water partition coefficient (Wildman–Crippen LogP) is 1.93. The van der Waals surface area contributed by atoms with E-state index in [4.69, 9.17) is 11.6 Å². The van der Waals surface area contributed by atoms with E-state index in [1.807, 2.05) is 6.07 Å². The molecule has 1 atom stereocenters. The van der Waals surface area contributed by atoms with Gasteiger partial charge >= 0.3 is 0 Å². The lowest BCUT2D eigenvalue weighted by atomic mass is 10.0. The van der Waals surface area contributed by atoms with Crippen LogP contribution < -0.4 is 4.90 Å². The molecule has 0 saturated carbocycles. The number of hydrogen-bond acceptors (Lipinski definition) is 3. The Kier molecular flexibility index (Phi) is 3.19. The van der Waals surface area contributed by atoms with Crippen molar-refractivity contribution in [3.05, 3.63) is 18.5 Å². The van der Waals surface area contributed by atoms with Crippen LogP contribution in [-0.2, 0) is 0 Å². The fraction of sp³-hybridized carbons (Fsp3) is 0.600. The summed E-state index contributed by atoms with van der Waals surface area (Å²) in [6.07, 6.45) is 5.99. The quantitative estimate of drug-likeness (QED) is 0.701. The molecule has 4 heteroatoms. The zero-order chi connectivity index (χ0) is 9.80. The van der Waals surface area contributed by atoms with Crippen molar-refractivity contribution in [2.45, 2.75) is 12.8 Å². The minimum Gasteiger partial charge on any atom is -0.341 e. The third-order valence-corrected chi connectivity index (χ3v) is 3.01. The van der Waals surface area contributed by atoms with Crippen molar-refractivity contribution in [1.82, 2.24) is 9.97 Å². The van der Waals surface area contributed by atoms with Crippen molar-refractivity contribution in [2.75, 3.05) is 23.9 Å². The smallest absolute Gasteiger partial charge is 0.225 e. The first-order valence-corrected chi connectivity index (χ1v) is 5.51. The van der Waals surface area contributed by atoms with Gasteiger partial charge in [-0.25, -0.2) is 9.97 Å². The van der Waals surface area contributed by atoms with E-state index >= 15 is 0 Å². The van der Waals surface area contributed by atoms with Gasteiger partial charge in [0.1, 0.15) is 0 Å². The highest BCUT2D eigenvalue weighted by molar-refractivity contribution is 6.18. The molecule has 1 saturated heterocycles. The van der Waals surface area contributed by atoms with Crippen LogP contribution in [-0.4, -0.2) is 28.9 Å². The molecule has 1 unspecified atom stereocenters. The molecule has 3 nitrogen and oxygen atoms in total. The summed E-state index contributed by atoms with van der Waals surface area (Å²) in [7, 11) is 0. The first-order chi connectivity index (χ1) is 6.90. The van der Waals surface area contributed by atoms with Gasteiger partial charge in [0, 0.05) is 31.4 Å². The maximum atomic E-state index is 5.87. The average Bonchev–Trinajstić information content (AvgIpc) is 2.30. The molecule has 0 radical (unpaired) electrons. The predicted molar refractivity (Wildman–Crippen MR) is 57.7 cm³/mol. The van der Waals surface area contributed by atoms with Crippen LogP contribution in [0.25, 0.3) is 0 Å². The standard InChI is InChI=1S/C10H14ClN3/c11-7-9-3-1-6-14(8-9)10-12-4-2-5-13-10/h2,4-5,9H,1,3,6-8H2. The molecule has 0 amide bonds. The highest BCUT2D eigenvalue weighted by Crippen LogP contribution is 2.20. The molecular formula is C10H14ClN3. The van der Waals surface area contributed by atoms with Crippen molar-refractivity contribution in [3.8, 4) is 0 Å². The first kappa shape index (κ1) is 9.71. The molecule has 0 bridgehead atoms. The molecule has 2 rings (SSSR count).